The topological polar surface area (TPSA) is 75.5 Å². The molecule has 1 saturated heterocycles. The van der Waals surface area contributed by atoms with Crippen LogP contribution in [0.3, 0.4) is 0 Å². The zero-order valence-corrected chi connectivity index (χ0v) is 15.2. The first kappa shape index (κ1) is 17.6. The Morgan fingerprint density at radius 1 is 1.28 bits per heavy atom. The standard InChI is InChI=1S/C17H22N4O3S/c1-3-21(11-14-9-18-19(2)10-14)25(23,24)16-12-20(13-16)17(22)15-7-5-4-6-8-15/h4-10,16H,3,11-13H2,1-2H3. The quantitative estimate of drug-likeness (QED) is 0.771. The van der Waals surface area contributed by atoms with Gasteiger partial charge in [-0.15, -0.1) is 0 Å². The van der Waals surface area contributed by atoms with Crippen LogP contribution in [-0.4, -0.2) is 58.2 Å². The highest BCUT2D eigenvalue weighted by molar-refractivity contribution is 7.89. The van der Waals surface area contributed by atoms with Crippen molar-refractivity contribution in [2.45, 2.75) is 18.7 Å². The summed E-state index contributed by atoms with van der Waals surface area (Å²) in [5, 5.41) is 3.53. The Bertz CT molecular complexity index is 842. The Morgan fingerprint density at radius 3 is 2.52 bits per heavy atom. The molecular formula is C17H22N4O3S. The van der Waals surface area contributed by atoms with E-state index in [4.69, 9.17) is 0 Å². The fourth-order valence-corrected chi connectivity index (χ4v) is 4.75. The number of rotatable bonds is 6. The minimum Gasteiger partial charge on any atom is -0.336 e. The van der Waals surface area contributed by atoms with Gasteiger partial charge in [0.1, 0.15) is 5.25 Å². The number of carbonyl (C=O) groups excluding carboxylic acids is 1. The van der Waals surface area contributed by atoms with E-state index >= 15 is 0 Å². The first-order valence-electron chi connectivity index (χ1n) is 8.22. The number of hydrogen-bond donors (Lipinski definition) is 0. The zero-order valence-electron chi connectivity index (χ0n) is 14.4. The average Bonchev–Trinajstić information content (AvgIpc) is 2.96. The first-order chi connectivity index (χ1) is 11.9. The van der Waals surface area contributed by atoms with Gasteiger partial charge in [-0.1, -0.05) is 25.1 Å². The maximum atomic E-state index is 12.8. The predicted octanol–water partition coefficient (Wildman–Crippen LogP) is 1.10. The molecule has 0 unspecified atom stereocenters. The van der Waals surface area contributed by atoms with E-state index in [0.717, 1.165) is 5.56 Å². The molecule has 0 radical (unpaired) electrons. The molecule has 1 aliphatic rings. The van der Waals surface area contributed by atoms with Crippen LogP contribution in [0.25, 0.3) is 0 Å². The van der Waals surface area contributed by atoms with Gasteiger partial charge in [0.05, 0.1) is 6.20 Å². The number of sulfonamides is 1. The minimum atomic E-state index is -3.45. The molecule has 0 N–H and O–H groups in total. The van der Waals surface area contributed by atoms with Gasteiger partial charge < -0.3 is 4.90 Å². The van der Waals surface area contributed by atoms with Crippen molar-refractivity contribution >= 4 is 15.9 Å². The van der Waals surface area contributed by atoms with Crippen molar-refractivity contribution in [1.82, 2.24) is 19.0 Å². The van der Waals surface area contributed by atoms with E-state index in [2.05, 4.69) is 5.10 Å². The number of aryl methyl sites for hydroxylation is 1. The number of likely N-dealkylation sites (tertiary alicyclic amines) is 1. The number of hydrogen-bond acceptors (Lipinski definition) is 4. The second kappa shape index (κ2) is 6.97. The molecule has 2 heterocycles. The second-order valence-electron chi connectivity index (χ2n) is 6.19. The maximum absolute atomic E-state index is 12.8. The molecular weight excluding hydrogens is 340 g/mol. The van der Waals surface area contributed by atoms with E-state index in [9.17, 15) is 13.2 Å². The van der Waals surface area contributed by atoms with E-state index in [0.29, 0.717) is 18.7 Å². The molecule has 0 saturated carbocycles. The van der Waals surface area contributed by atoms with Crippen LogP contribution >= 0.6 is 0 Å². The van der Waals surface area contributed by atoms with E-state index in [1.807, 2.05) is 19.2 Å². The van der Waals surface area contributed by atoms with Gasteiger partial charge >= 0.3 is 0 Å². The van der Waals surface area contributed by atoms with Gasteiger partial charge in [-0.05, 0) is 12.1 Å². The third-order valence-corrected chi connectivity index (χ3v) is 6.65. The van der Waals surface area contributed by atoms with E-state index in [1.54, 1.807) is 47.1 Å². The summed E-state index contributed by atoms with van der Waals surface area (Å²) in [6, 6.07) is 8.93. The van der Waals surface area contributed by atoms with Crippen molar-refractivity contribution in [3.63, 3.8) is 0 Å². The Hall–Kier alpha value is -2.19. The first-order valence-corrected chi connectivity index (χ1v) is 9.73. The molecule has 1 aromatic carbocycles. The number of carbonyl (C=O) groups is 1. The van der Waals surface area contributed by atoms with Crippen molar-refractivity contribution in [1.29, 1.82) is 0 Å². The van der Waals surface area contributed by atoms with Gasteiger partial charge in [-0.3, -0.25) is 9.48 Å². The summed E-state index contributed by atoms with van der Waals surface area (Å²) in [6.07, 6.45) is 3.48. The summed E-state index contributed by atoms with van der Waals surface area (Å²) in [4.78, 5) is 13.9. The van der Waals surface area contributed by atoms with Crippen LogP contribution in [0, 0.1) is 0 Å². The summed E-state index contributed by atoms with van der Waals surface area (Å²) in [5.74, 6) is -0.123. The number of nitrogens with zero attached hydrogens (tertiary/aromatic N) is 4. The Labute approximate surface area is 147 Å². The number of benzene rings is 1. The van der Waals surface area contributed by atoms with E-state index in [1.165, 1.54) is 4.31 Å². The van der Waals surface area contributed by atoms with E-state index in [-0.39, 0.29) is 19.0 Å². The summed E-state index contributed by atoms with van der Waals surface area (Å²) in [6.45, 7) is 2.98. The van der Waals surface area contributed by atoms with Crippen LogP contribution in [-0.2, 0) is 23.6 Å². The molecule has 134 valence electrons. The molecule has 1 aromatic heterocycles. The van der Waals surface area contributed by atoms with Gasteiger partial charge in [-0.25, -0.2) is 8.42 Å². The summed E-state index contributed by atoms with van der Waals surface area (Å²) in [7, 11) is -1.65. The normalized spacial score (nSPS) is 15.4. The maximum Gasteiger partial charge on any atom is 0.253 e. The van der Waals surface area contributed by atoms with Crippen LogP contribution in [0.1, 0.15) is 22.8 Å². The molecule has 0 bridgehead atoms. The molecule has 3 rings (SSSR count). The van der Waals surface area contributed by atoms with Crippen LogP contribution in [0.15, 0.2) is 42.7 Å². The fraction of sp³-hybridized carbons (Fsp3) is 0.412. The molecule has 2 aromatic rings. The lowest BCUT2D eigenvalue weighted by Gasteiger charge is -2.40. The Kier molecular flexibility index (Phi) is 4.91. The molecule has 1 fully saturated rings. The fourth-order valence-electron chi connectivity index (χ4n) is 2.91. The van der Waals surface area contributed by atoms with Gasteiger partial charge in [-0.2, -0.15) is 9.40 Å². The van der Waals surface area contributed by atoms with Gasteiger partial charge in [0.2, 0.25) is 10.0 Å². The molecule has 1 aliphatic heterocycles. The van der Waals surface area contributed by atoms with Crippen molar-refractivity contribution in [2.24, 2.45) is 7.05 Å². The molecule has 7 nitrogen and oxygen atoms in total. The molecule has 0 aliphatic carbocycles. The predicted molar refractivity (Wildman–Crippen MR) is 94.3 cm³/mol. The van der Waals surface area contributed by atoms with E-state index < -0.39 is 15.3 Å². The second-order valence-corrected chi connectivity index (χ2v) is 8.40. The van der Waals surface area contributed by atoms with Gasteiger partial charge in [0.25, 0.3) is 5.91 Å². The lowest BCUT2D eigenvalue weighted by molar-refractivity contribution is 0.0655. The van der Waals surface area contributed by atoms with Crippen LogP contribution in [0.4, 0.5) is 0 Å². The monoisotopic (exact) mass is 362 g/mol. The molecule has 0 atom stereocenters. The third-order valence-electron chi connectivity index (χ3n) is 4.41. The summed E-state index contributed by atoms with van der Waals surface area (Å²) in [5.41, 5.74) is 1.44. The van der Waals surface area contributed by atoms with Crippen molar-refractivity contribution in [2.75, 3.05) is 19.6 Å². The summed E-state index contributed by atoms with van der Waals surface area (Å²) < 4.78 is 28.8. The molecule has 0 spiro atoms. The van der Waals surface area contributed by atoms with Crippen molar-refractivity contribution in [3.05, 3.63) is 53.9 Å². The zero-order chi connectivity index (χ0) is 18.0. The van der Waals surface area contributed by atoms with Gasteiger partial charge in [0, 0.05) is 50.6 Å². The third kappa shape index (κ3) is 3.59. The smallest absolute Gasteiger partial charge is 0.253 e. The van der Waals surface area contributed by atoms with Gasteiger partial charge in [0.15, 0.2) is 0 Å². The highest BCUT2D eigenvalue weighted by Crippen LogP contribution is 2.23. The van der Waals surface area contributed by atoms with Crippen molar-refractivity contribution < 1.29 is 13.2 Å². The number of aromatic nitrogens is 2. The average molecular weight is 362 g/mol. The Morgan fingerprint density at radius 2 is 1.96 bits per heavy atom. The molecule has 1 amide bonds. The largest absolute Gasteiger partial charge is 0.336 e. The van der Waals surface area contributed by atoms with Crippen molar-refractivity contribution in [3.8, 4) is 0 Å². The molecule has 8 heteroatoms. The highest BCUT2D eigenvalue weighted by Gasteiger charge is 2.42. The highest BCUT2D eigenvalue weighted by atomic mass is 32.2. The number of amides is 1. The lowest BCUT2D eigenvalue weighted by Crippen LogP contribution is -2.59. The summed E-state index contributed by atoms with van der Waals surface area (Å²) >= 11 is 0. The van der Waals surface area contributed by atoms with Crippen LogP contribution in [0.5, 0.6) is 0 Å². The SMILES string of the molecule is CCN(Cc1cnn(C)c1)S(=O)(=O)C1CN(C(=O)c2ccccc2)C1. The van der Waals surface area contributed by atoms with Crippen LogP contribution in [0.2, 0.25) is 0 Å². The Balaban J connectivity index is 1.64. The minimum absolute atomic E-state index is 0.123. The molecule has 25 heavy (non-hydrogen) atoms. The van der Waals surface area contributed by atoms with Crippen LogP contribution < -0.4 is 0 Å². The lowest BCUT2D eigenvalue weighted by atomic mass is 10.1.